The predicted molar refractivity (Wildman–Crippen MR) is 63.3 cm³/mol. The van der Waals surface area contributed by atoms with Gasteiger partial charge >= 0.3 is 0 Å². The number of nitrogens with two attached hydrogens (primary N) is 1. The molecule has 0 aliphatic rings. The Kier molecular flexibility index (Phi) is 4.90. The number of phenolic OH excluding ortho intramolecular Hbond substituents is 1. The topological polar surface area (TPSA) is 75.3 Å². The van der Waals surface area contributed by atoms with E-state index in [4.69, 9.17) is 5.73 Å². The van der Waals surface area contributed by atoms with E-state index in [1.165, 1.54) is 0 Å². The molecule has 1 aromatic rings. The van der Waals surface area contributed by atoms with Crippen LogP contribution in [0.1, 0.15) is 30.1 Å². The van der Waals surface area contributed by atoms with Gasteiger partial charge in [-0.3, -0.25) is 4.79 Å². The Bertz CT molecular complexity index is 396. The van der Waals surface area contributed by atoms with Crippen molar-refractivity contribution in [2.75, 3.05) is 6.54 Å². The summed E-state index contributed by atoms with van der Waals surface area (Å²) in [5.41, 5.74) is 5.63. The number of rotatable bonds is 5. The number of carbonyl (C=O) groups is 1. The molecule has 0 radical (unpaired) electrons. The second-order valence-corrected chi connectivity index (χ2v) is 3.87. The van der Waals surface area contributed by atoms with Gasteiger partial charge in [-0.25, -0.2) is 4.39 Å². The first kappa shape index (κ1) is 13.4. The number of aromatic hydroxyl groups is 1. The highest BCUT2D eigenvalue weighted by molar-refractivity contribution is 5.96. The number of hydrogen-bond acceptors (Lipinski definition) is 3. The number of amides is 1. The number of phenols is 1. The summed E-state index contributed by atoms with van der Waals surface area (Å²) in [5.74, 6) is -1.28. The predicted octanol–water partition coefficient (Wildman–Crippen LogP) is 1.39. The van der Waals surface area contributed by atoms with Crippen molar-refractivity contribution in [1.82, 2.24) is 5.32 Å². The lowest BCUT2D eigenvalue weighted by Gasteiger charge is -2.10. The monoisotopic (exact) mass is 240 g/mol. The van der Waals surface area contributed by atoms with Crippen molar-refractivity contribution >= 4 is 5.91 Å². The Hall–Kier alpha value is -1.62. The standard InChI is InChI=1S/C12H17FN2O2/c1-2-9(14)5-6-15-12(17)10-7-8(13)3-4-11(10)16/h3-4,7,9,16H,2,5-6,14H2,1H3,(H,15,17). The number of carbonyl (C=O) groups excluding carboxylic acids is 1. The maximum Gasteiger partial charge on any atom is 0.255 e. The molecule has 1 rings (SSSR count). The van der Waals surface area contributed by atoms with Crippen molar-refractivity contribution in [3.05, 3.63) is 29.6 Å². The van der Waals surface area contributed by atoms with Gasteiger partial charge in [0.05, 0.1) is 5.56 Å². The summed E-state index contributed by atoms with van der Waals surface area (Å²) in [6, 6.07) is 3.29. The van der Waals surface area contributed by atoms with Crippen LogP contribution in [-0.2, 0) is 0 Å². The van der Waals surface area contributed by atoms with Crippen molar-refractivity contribution in [2.24, 2.45) is 5.73 Å². The summed E-state index contributed by atoms with van der Waals surface area (Å²) in [5, 5.41) is 12.0. The van der Waals surface area contributed by atoms with Gasteiger partial charge in [0.2, 0.25) is 0 Å². The van der Waals surface area contributed by atoms with Gasteiger partial charge in [0, 0.05) is 12.6 Å². The van der Waals surface area contributed by atoms with Crippen molar-refractivity contribution in [2.45, 2.75) is 25.8 Å². The van der Waals surface area contributed by atoms with Gasteiger partial charge in [-0.05, 0) is 31.0 Å². The minimum atomic E-state index is -0.557. The molecule has 4 nitrogen and oxygen atoms in total. The number of benzene rings is 1. The second-order valence-electron chi connectivity index (χ2n) is 3.87. The average molecular weight is 240 g/mol. The first-order valence-electron chi connectivity index (χ1n) is 5.57. The van der Waals surface area contributed by atoms with Gasteiger partial charge in [-0.1, -0.05) is 6.92 Å². The summed E-state index contributed by atoms with van der Waals surface area (Å²) in [7, 11) is 0. The number of hydrogen-bond donors (Lipinski definition) is 3. The Morgan fingerprint density at radius 3 is 2.94 bits per heavy atom. The zero-order valence-corrected chi connectivity index (χ0v) is 9.74. The highest BCUT2D eigenvalue weighted by Gasteiger charge is 2.11. The molecule has 0 bridgehead atoms. The highest BCUT2D eigenvalue weighted by atomic mass is 19.1. The lowest BCUT2D eigenvalue weighted by molar-refractivity contribution is 0.0949. The Labute approximate surface area is 99.6 Å². The normalized spacial score (nSPS) is 12.2. The smallest absolute Gasteiger partial charge is 0.255 e. The summed E-state index contributed by atoms with van der Waals surface area (Å²) in [6.07, 6.45) is 1.49. The minimum Gasteiger partial charge on any atom is -0.507 e. The van der Waals surface area contributed by atoms with Crippen LogP contribution >= 0.6 is 0 Å². The molecule has 0 saturated heterocycles. The fourth-order valence-electron chi connectivity index (χ4n) is 1.36. The molecule has 1 atom stereocenters. The van der Waals surface area contributed by atoms with Gasteiger partial charge < -0.3 is 16.2 Å². The molecule has 1 amide bonds. The van der Waals surface area contributed by atoms with Crippen molar-refractivity contribution in [3.8, 4) is 5.75 Å². The summed E-state index contributed by atoms with van der Waals surface area (Å²) in [4.78, 5) is 11.6. The fourth-order valence-corrected chi connectivity index (χ4v) is 1.36. The van der Waals surface area contributed by atoms with E-state index in [-0.39, 0.29) is 17.4 Å². The molecule has 0 saturated carbocycles. The average Bonchev–Trinajstić information content (AvgIpc) is 2.31. The molecule has 5 heteroatoms. The third kappa shape index (κ3) is 4.03. The van der Waals surface area contributed by atoms with E-state index in [0.717, 1.165) is 24.6 Å². The van der Waals surface area contributed by atoms with Crippen molar-refractivity contribution in [1.29, 1.82) is 0 Å². The highest BCUT2D eigenvalue weighted by Crippen LogP contribution is 2.17. The fraction of sp³-hybridized carbons (Fsp3) is 0.417. The summed E-state index contributed by atoms with van der Waals surface area (Å²) in [6.45, 7) is 2.37. The molecule has 1 unspecified atom stereocenters. The Morgan fingerprint density at radius 1 is 1.59 bits per heavy atom. The molecule has 94 valence electrons. The van der Waals surface area contributed by atoms with Crippen LogP contribution in [-0.4, -0.2) is 23.6 Å². The molecule has 0 spiro atoms. The van der Waals surface area contributed by atoms with Crippen molar-refractivity contribution < 1.29 is 14.3 Å². The Morgan fingerprint density at radius 2 is 2.29 bits per heavy atom. The summed E-state index contributed by atoms with van der Waals surface area (Å²) < 4.78 is 12.9. The largest absolute Gasteiger partial charge is 0.507 e. The maximum atomic E-state index is 12.9. The van der Waals surface area contributed by atoms with E-state index in [2.05, 4.69) is 5.32 Å². The molecule has 0 heterocycles. The van der Waals surface area contributed by atoms with Crippen LogP contribution in [0.5, 0.6) is 5.75 Å². The van der Waals surface area contributed by atoms with Gasteiger partial charge in [0.15, 0.2) is 0 Å². The van der Waals surface area contributed by atoms with Crippen LogP contribution in [0.2, 0.25) is 0 Å². The molecular weight excluding hydrogens is 223 g/mol. The first-order valence-corrected chi connectivity index (χ1v) is 5.57. The van der Waals surface area contributed by atoms with E-state index in [9.17, 15) is 14.3 Å². The number of nitrogens with one attached hydrogen (secondary N) is 1. The van der Waals surface area contributed by atoms with Gasteiger partial charge in [0.25, 0.3) is 5.91 Å². The van der Waals surface area contributed by atoms with E-state index < -0.39 is 11.7 Å². The van der Waals surface area contributed by atoms with Crippen LogP contribution in [0.3, 0.4) is 0 Å². The first-order chi connectivity index (χ1) is 8.04. The van der Waals surface area contributed by atoms with E-state index >= 15 is 0 Å². The molecular formula is C12H17FN2O2. The van der Waals surface area contributed by atoms with Crippen LogP contribution in [0.25, 0.3) is 0 Å². The van der Waals surface area contributed by atoms with E-state index in [1.807, 2.05) is 6.92 Å². The van der Waals surface area contributed by atoms with Crippen LogP contribution < -0.4 is 11.1 Å². The van der Waals surface area contributed by atoms with E-state index in [0.29, 0.717) is 13.0 Å². The molecule has 0 aliphatic heterocycles. The zero-order valence-electron chi connectivity index (χ0n) is 9.74. The zero-order chi connectivity index (χ0) is 12.8. The SMILES string of the molecule is CCC(N)CCNC(=O)c1cc(F)ccc1O. The molecule has 0 aromatic heterocycles. The van der Waals surface area contributed by atoms with Gasteiger partial charge in [-0.15, -0.1) is 0 Å². The van der Waals surface area contributed by atoms with Gasteiger partial charge in [-0.2, -0.15) is 0 Å². The number of halogens is 1. The van der Waals surface area contributed by atoms with Crippen LogP contribution in [0, 0.1) is 5.82 Å². The van der Waals surface area contributed by atoms with Crippen LogP contribution in [0.4, 0.5) is 4.39 Å². The summed E-state index contributed by atoms with van der Waals surface area (Å²) >= 11 is 0. The molecule has 0 fully saturated rings. The lowest BCUT2D eigenvalue weighted by Crippen LogP contribution is -2.30. The quantitative estimate of drug-likeness (QED) is 0.728. The van der Waals surface area contributed by atoms with Crippen LogP contribution in [0.15, 0.2) is 18.2 Å². The molecule has 1 aromatic carbocycles. The third-order valence-electron chi connectivity index (χ3n) is 2.53. The molecule has 17 heavy (non-hydrogen) atoms. The van der Waals surface area contributed by atoms with Gasteiger partial charge in [0.1, 0.15) is 11.6 Å². The minimum absolute atomic E-state index is 0.0383. The molecule has 4 N–H and O–H groups in total. The van der Waals surface area contributed by atoms with E-state index in [1.54, 1.807) is 0 Å². The second kappa shape index (κ2) is 6.20. The van der Waals surface area contributed by atoms with Crippen molar-refractivity contribution in [3.63, 3.8) is 0 Å². The third-order valence-corrected chi connectivity index (χ3v) is 2.53. The lowest BCUT2D eigenvalue weighted by atomic mass is 10.1. The maximum absolute atomic E-state index is 12.9. The Balaban J connectivity index is 2.55. The molecule has 0 aliphatic carbocycles.